The number of carboxylic acids is 1. The summed E-state index contributed by atoms with van der Waals surface area (Å²) in [6, 6.07) is 0. The number of hydrogen-bond donors (Lipinski definition) is 1. The van der Waals surface area contributed by atoms with Crippen LogP contribution < -0.4 is 0 Å². The standard InChI is InChI=1S/C13H23NO3/c1-5-17-10-9-6-7-13(8-9,11(15)16)14(10)12(2,3)4/h9-10H,5-8H2,1-4H3,(H,15,16). The van der Waals surface area contributed by atoms with Gasteiger partial charge < -0.3 is 9.84 Å². The maximum atomic E-state index is 11.7. The summed E-state index contributed by atoms with van der Waals surface area (Å²) >= 11 is 0. The number of likely N-dealkylation sites (tertiary alicyclic amines) is 1. The molecule has 0 radical (unpaired) electrons. The molecule has 1 aliphatic heterocycles. The molecule has 0 aromatic rings. The van der Waals surface area contributed by atoms with Crippen LogP contribution in [0.2, 0.25) is 0 Å². The molecule has 4 nitrogen and oxygen atoms in total. The highest BCUT2D eigenvalue weighted by molar-refractivity contribution is 5.80. The second-order valence-corrected chi connectivity index (χ2v) is 6.23. The minimum absolute atomic E-state index is 0.0233. The number of nitrogens with zero attached hydrogens (tertiary/aromatic N) is 1. The number of piperidine rings is 1. The van der Waals surface area contributed by atoms with Crippen molar-refractivity contribution in [3.63, 3.8) is 0 Å². The van der Waals surface area contributed by atoms with Crippen LogP contribution in [0.5, 0.6) is 0 Å². The van der Waals surface area contributed by atoms with Crippen LogP contribution in [0.15, 0.2) is 0 Å². The van der Waals surface area contributed by atoms with E-state index in [9.17, 15) is 9.90 Å². The van der Waals surface area contributed by atoms with Crippen LogP contribution in [-0.4, -0.2) is 39.9 Å². The fraction of sp³-hybridized carbons (Fsp3) is 0.923. The lowest BCUT2D eigenvalue weighted by atomic mass is 9.91. The summed E-state index contributed by atoms with van der Waals surface area (Å²) in [5.74, 6) is -0.303. The minimum atomic E-state index is -0.692. The van der Waals surface area contributed by atoms with Gasteiger partial charge in [-0.05, 0) is 47.0 Å². The fourth-order valence-electron chi connectivity index (χ4n) is 3.68. The summed E-state index contributed by atoms with van der Waals surface area (Å²) in [4.78, 5) is 13.8. The summed E-state index contributed by atoms with van der Waals surface area (Å²) in [6.07, 6.45) is 2.45. The van der Waals surface area contributed by atoms with Gasteiger partial charge in [-0.15, -0.1) is 0 Å². The Balaban J connectivity index is 2.37. The molecule has 4 heteroatoms. The Kier molecular flexibility index (Phi) is 2.99. The molecule has 0 aromatic heterocycles. The van der Waals surface area contributed by atoms with Gasteiger partial charge >= 0.3 is 5.97 Å². The van der Waals surface area contributed by atoms with Crippen molar-refractivity contribution in [1.29, 1.82) is 0 Å². The van der Waals surface area contributed by atoms with E-state index >= 15 is 0 Å². The van der Waals surface area contributed by atoms with Crippen molar-refractivity contribution in [1.82, 2.24) is 4.90 Å². The highest BCUT2D eigenvalue weighted by Crippen LogP contribution is 2.53. The van der Waals surface area contributed by atoms with Gasteiger partial charge in [-0.25, -0.2) is 0 Å². The summed E-state index contributed by atoms with van der Waals surface area (Å²) in [5, 5.41) is 9.61. The van der Waals surface area contributed by atoms with Gasteiger partial charge in [-0.3, -0.25) is 9.69 Å². The zero-order chi connectivity index (χ0) is 12.8. The van der Waals surface area contributed by atoms with Crippen LogP contribution in [0, 0.1) is 5.92 Å². The molecule has 0 spiro atoms. The second-order valence-electron chi connectivity index (χ2n) is 6.23. The fourth-order valence-corrected chi connectivity index (χ4v) is 3.68. The van der Waals surface area contributed by atoms with Crippen LogP contribution in [0.4, 0.5) is 0 Å². The zero-order valence-electron chi connectivity index (χ0n) is 11.2. The molecule has 1 saturated carbocycles. The van der Waals surface area contributed by atoms with E-state index in [1.54, 1.807) is 0 Å². The third-order valence-electron chi connectivity index (χ3n) is 4.11. The van der Waals surface area contributed by atoms with Gasteiger partial charge in [0.15, 0.2) is 0 Å². The average molecular weight is 241 g/mol. The summed E-state index contributed by atoms with van der Waals surface area (Å²) in [5.41, 5.74) is -0.865. The van der Waals surface area contributed by atoms with Crippen molar-refractivity contribution in [3.05, 3.63) is 0 Å². The lowest BCUT2D eigenvalue weighted by Gasteiger charge is -2.48. The average Bonchev–Trinajstić information content (AvgIpc) is 2.73. The third kappa shape index (κ3) is 1.78. The van der Waals surface area contributed by atoms with E-state index in [1.807, 2.05) is 6.92 Å². The number of rotatable bonds is 3. The minimum Gasteiger partial charge on any atom is -0.480 e. The molecule has 98 valence electrons. The van der Waals surface area contributed by atoms with Crippen LogP contribution >= 0.6 is 0 Å². The maximum Gasteiger partial charge on any atom is 0.324 e. The molecule has 0 amide bonds. The molecule has 1 saturated heterocycles. The Morgan fingerprint density at radius 3 is 2.65 bits per heavy atom. The van der Waals surface area contributed by atoms with E-state index in [1.165, 1.54) is 0 Å². The molecule has 1 N–H and O–H groups in total. The normalized spacial score (nSPS) is 37.6. The molecule has 2 bridgehead atoms. The molecule has 3 atom stereocenters. The van der Waals surface area contributed by atoms with Gasteiger partial charge in [0.2, 0.25) is 0 Å². The van der Waals surface area contributed by atoms with Gasteiger partial charge in [-0.1, -0.05) is 0 Å². The molecule has 17 heavy (non-hydrogen) atoms. The molecule has 2 fully saturated rings. The number of aliphatic carboxylic acids is 1. The Bertz CT molecular complexity index is 323. The molecule has 2 rings (SSSR count). The van der Waals surface area contributed by atoms with Gasteiger partial charge in [-0.2, -0.15) is 0 Å². The van der Waals surface area contributed by atoms with E-state index in [2.05, 4.69) is 25.7 Å². The number of fused-ring (bicyclic) bond motifs is 2. The maximum absolute atomic E-state index is 11.7. The number of hydrogen-bond acceptors (Lipinski definition) is 3. The van der Waals surface area contributed by atoms with Crippen LogP contribution in [0.1, 0.15) is 47.0 Å². The van der Waals surface area contributed by atoms with Crippen molar-refractivity contribution in [2.75, 3.05) is 6.61 Å². The highest BCUT2D eigenvalue weighted by Gasteiger charge is 2.63. The van der Waals surface area contributed by atoms with Crippen LogP contribution in [0.3, 0.4) is 0 Å². The topological polar surface area (TPSA) is 49.8 Å². The summed E-state index contributed by atoms with van der Waals surface area (Å²) in [6.45, 7) is 8.84. The first-order valence-electron chi connectivity index (χ1n) is 6.47. The lowest BCUT2D eigenvalue weighted by Crippen LogP contribution is -2.62. The Morgan fingerprint density at radius 1 is 1.53 bits per heavy atom. The Hall–Kier alpha value is -0.610. The molecule has 3 unspecified atom stereocenters. The van der Waals surface area contributed by atoms with Crippen LogP contribution in [0.25, 0.3) is 0 Å². The SMILES string of the molecule is CCOC1C2CCC(C(=O)O)(C2)N1C(C)(C)C. The van der Waals surface area contributed by atoms with Crippen molar-refractivity contribution in [2.45, 2.75) is 64.3 Å². The Morgan fingerprint density at radius 2 is 2.18 bits per heavy atom. The molecule has 0 aromatic carbocycles. The first-order valence-corrected chi connectivity index (χ1v) is 6.47. The third-order valence-corrected chi connectivity index (χ3v) is 4.11. The smallest absolute Gasteiger partial charge is 0.324 e. The summed E-state index contributed by atoms with van der Waals surface area (Å²) < 4.78 is 5.81. The lowest BCUT2D eigenvalue weighted by molar-refractivity contribution is -0.175. The van der Waals surface area contributed by atoms with E-state index in [-0.39, 0.29) is 11.8 Å². The van der Waals surface area contributed by atoms with Crippen molar-refractivity contribution in [3.8, 4) is 0 Å². The zero-order valence-corrected chi connectivity index (χ0v) is 11.2. The summed E-state index contributed by atoms with van der Waals surface area (Å²) in [7, 11) is 0. The molecular formula is C13H23NO3. The predicted molar refractivity (Wildman–Crippen MR) is 64.7 cm³/mol. The van der Waals surface area contributed by atoms with Gasteiger partial charge in [0.25, 0.3) is 0 Å². The van der Waals surface area contributed by atoms with Crippen molar-refractivity contribution >= 4 is 5.97 Å². The highest BCUT2D eigenvalue weighted by atomic mass is 16.5. The first-order chi connectivity index (χ1) is 7.83. The number of ether oxygens (including phenoxy) is 1. The first kappa shape index (κ1) is 12.8. The predicted octanol–water partition coefficient (Wildman–Crippen LogP) is 2.09. The molecule has 1 heterocycles. The quantitative estimate of drug-likeness (QED) is 0.822. The number of carbonyl (C=O) groups is 1. The van der Waals surface area contributed by atoms with Gasteiger partial charge in [0, 0.05) is 18.1 Å². The van der Waals surface area contributed by atoms with Crippen molar-refractivity contribution < 1.29 is 14.6 Å². The van der Waals surface area contributed by atoms with Crippen LogP contribution in [-0.2, 0) is 9.53 Å². The number of carboxylic acid groups (broad SMARTS) is 1. The van der Waals surface area contributed by atoms with Crippen molar-refractivity contribution in [2.24, 2.45) is 5.92 Å². The van der Waals surface area contributed by atoms with Gasteiger partial charge in [0.05, 0.1) is 0 Å². The molecule has 2 aliphatic rings. The van der Waals surface area contributed by atoms with E-state index in [0.717, 1.165) is 19.3 Å². The monoisotopic (exact) mass is 241 g/mol. The second kappa shape index (κ2) is 3.95. The van der Waals surface area contributed by atoms with E-state index in [0.29, 0.717) is 12.5 Å². The molecule has 1 aliphatic carbocycles. The van der Waals surface area contributed by atoms with Gasteiger partial charge in [0.1, 0.15) is 11.8 Å². The molecular weight excluding hydrogens is 218 g/mol. The Labute approximate surface area is 103 Å². The van der Waals surface area contributed by atoms with E-state index in [4.69, 9.17) is 4.74 Å². The largest absolute Gasteiger partial charge is 0.480 e. The van der Waals surface area contributed by atoms with E-state index < -0.39 is 11.5 Å².